The summed E-state index contributed by atoms with van der Waals surface area (Å²) >= 11 is 0. The van der Waals surface area contributed by atoms with Gasteiger partial charge in [-0.25, -0.2) is 0 Å². The van der Waals surface area contributed by atoms with Crippen LogP contribution in [0.25, 0.3) is 0 Å². The van der Waals surface area contributed by atoms with Crippen LogP contribution >= 0.6 is 0 Å². The Morgan fingerprint density at radius 3 is 2.52 bits per heavy atom. The Labute approximate surface area is 132 Å². The highest BCUT2D eigenvalue weighted by Gasteiger charge is 2.39. The summed E-state index contributed by atoms with van der Waals surface area (Å²) in [6.07, 6.45) is 0.721. The largest absolute Gasteiger partial charge is 0.416 e. The number of halogens is 3. The van der Waals surface area contributed by atoms with Crippen LogP contribution in [0, 0.1) is 5.92 Å². The predicted octanol–water partition coefficient (Wildman–Crippen LogP) is 5.53. The molecule has 2 aromatic carbocycles. The standard InChI is InChI=1S/C19H16F3N/c20-19(21,22)13-9-10-17-16(11-13)14-7-4-8-15(14)18(23-17)12-5-2-1-3-6-12/h1-7,9-11,14-15,18,23H,8H2/t14-,15-,18-/m1/s1. The molecule has 1 aliphatic heterocycles. The number of alkyl halides is 3. The monoisotopic (exact) mass is 315 g/mol. The molecule has 0 spiro atoms. The zero-order chi connectivity index (χ0) is 16.0. The molecule has 0 bridgehead atoms. The smallest absolute Gasteiger partial charge is 0.378 e. The molecule has 4 rings (SSSR count). The van der Waals surface area contributed by atoms with Gasteiger partial charge in [0.2, 0.25) is 0 Å². The van der Waals surface area contributed by atoms with Crippen LogP contribution in [0.1, 0.15) is 35.1 Å². The fourth-order valence-corrected chi connectivity index (χ4v) is 3.76. The molecule has 2 aliphatic rings. The third kappa shape index (κ3) is 2.42. The first-order chi connectivity index (χ1) is 11.0. The molecule has 1 N–H and O–H groups in total. The predicted molar refractivity (Wildman–Crippen MR) is 84.2 cm³/mol. The van der Waals surface area contributed by atoms with Gasteiger partial charge in [-0.2, -0.15) is 13.2 Å². The summed E-state index contributed by atoms with van der Waals surface area (Å²) < 4.78 is 39.0. The molecule has 4 heteroatoms. The molecule has 23 heavy (non-hydrogen) atoms. The number of hydrogen-bond donors (Lipinski definition) is 1. The minimum Gasteiger partial charge on any atom is -0.378 e. The van der Waals surface area contributed by atoms with E-state index in [1.165, 1.54) is 11.6 Å². The molecule has 3 atom stereocenters. The first-order valence-electron chi connectivity index (χ1n) is 7.73. The Hall–Kier alpha value is -2.23. The fourth-order valence-electron chi connectivity index (χ4n) is 3.76. The van der Waals surface area contributed by atoms with Crippen LogP contribution in [0.5, 0.6) is 0 Å². The van der Waals surface area contributed by atoms with Crippen LogP contribution in [-0.4, -0.2) is 0 Å². The highest BCUT2D eigenvalue weighted by molar-refractivity contribution is 5.61. The van der Waals surface area contributed by atoms with E-state index >= 15 is 0 Å². The zero-order valence-electron chi connectivity index (χ0n) is 12.3. The summed E-state index contributed by atoms with van der Waals surface area (Å²) in [7, 11) is 0. The van der Waals surface area contributed by atoms with Crippen molar-refractivity contribution in [2.75, 3.05) is 5.32 Å². The molecule has 2 aromatic rings. The third-order valence-electron chi connectivity index (χ3n) is 4.85. The molecule has 0 aromatic heterocycles. The summed E-state index contributed by atoms with van der Waals surface area (Å²) in [5.41, 5.74) is 2.16. The van der Waals surface area contributed by atoms with E-state index in [0.717, 1.165) is 23.7 Å². The molecular weight excluding hydrogens is 299 g/mol. The van der Waals surface area contributed by atoms with E-state index in [-0.39, 0.29) is 17.9 Å². The zero-order valence-corrected chi connectivity index (χ0v) is 12.3. The van der Waals surface area contributed by atoms with Gasteiger partial charge in [0.15, 0.2) is 0 Å². The normalized spacial score (nSPS) is 25.6. The van der Waals surface area contributed by atoms with Crippen molar-refractivity contribution in [1.82, 2.24) is 0 Å². The SMILES string of the molecule is FC(F)(F)c1ccc2c(c1)[C@@H]1C=CC[C@H]1[C@@H](c1ccccc1)N2. The first-order valence-corrected chi connectivity index (χ1v) is 7.73. The van der Waals surface area contributed by atoms with Crippen molar-refractivity contribution in [2.45, 2.75) is 24.6 Å². The lowest BCUT2D eigenvalue weighted by Crippen LogP contribution is -2.29. The van der Waals surface area contributed by atoms with Crippen LogP contribution in [0.3, 0.4) is 0 Å². The number of benzene rings is 2. The Balaban J connectivity index is 1.78. The lowest BCUT2D eigenvalue weighted by molar-refractivity contribution is -0.137. The molecule has 0 radical (unpaired) electrons. The second-order valence-corrected chi connectivity index (χ2v) is 6.19. The van der Waals surface area contributed by atoms with E-state index in [2.05, 4.69) is 29.6 Å². The van der Waals surface area contributed by atoms with Gasteiger partial charge >= 0.3 is 6.18 Å². The number of fused-ring (bicyclic) bond motifs is 3. The Morgan fingerprint density at radius 2 is 1.78 bits per heavy atom. The van der Waals surface area contributed by atoms with E-state index in [1.54, 1.807) is 6.07 Å². The van der Waals surface area contributed by atoms with Crippen LogP contribution in [-0.2, 0) is 6.18 Å². The van der Waals surface area contributed by atoms with Crippen molar-refractivity contribution in [3.05, 3.63) is 77.4 Å². The maximum Gasteiger partial charge on any atom is 0.416 e. The summed E-state index contributed by atoms with van der Waals surface area (Å²) in [4.78, 5) is 0. The van der Waals surface area contributed by atoms with Crippen LogP contribution in [0.2, 0.25) is 0 Å². The molecule has 1 aliphatic carbocycles. The average Bonchev–Trinajstić information content (AvgIpc) is 3.03. The molecule has 0 amide bonds. The fraction of sp³-hybridized carbons (Fsp3) is 0.263. The van der Waals surface area contributed by atoms with Crippen molar-refractivity contribution in [2.24, 2.45) is 5.92 Å². The van der Waals surface area contributed by atoms with Gasteiger partial charge in [0.25, 0.3) is 0 Å². The number of nitrogens with one attached hydrogen (secondary N) is 1. The first kappa shape index (κ1) is 14.4. The van der Waals surface area contributed by atoms with Crippen molar-refractivity contribution >= 4 is 5.69 Å². The maximum atomic E-state index is 13.0. The molecular formula is C19H16F3N. The van der Waals surface area contributed by atoms with Gasteiger partial charge in [0, 0.05) is 11.6 Å². The second-order valence-electron chi connectivity index (χ2n) is 6.19. The molecule has 118 valence electrons. The van der Waals surface area contributed by atoms with Gasteiger partial charge in [-0.3, -0.25) is 0 Å². The minimum atomic E-state index is -4.30. The van der Waals surface area contributed by atoms with Crippen molar-refractivity contribution in [3.8, 4) is 0 Å². The van der Waals surface area contributed by atoms with Crippen LogP contribution in [0.4, 0.5) is 18.9 Å². The molecule has 1 heterocycles. The van der Waals surface area contributed by atoms with Crippen LogP contribution < -0.4 is 5.32 Å². The van der Waals surface area contributed by atoms with Gasteiger partial charge < -0.3 is 5.32 Å². The highest BCUT2D eigenvalue weighted by Crippen LogP contribution is 2.50. The second kappa shape index (κ2) is 5.15. The van der Waals surface area contributed by atoms with Crippen LogP contribution in [0.15, 0.2) is 60.7 Å². The molecule has 1 nitrogen and oxygen atoms in total. The number of allylic oxidation sites excluding steroid dienone is 2. The molecule has 0 saturated carbocycles. The summed E-state index contributed by atoms with van der Waals surface area (Å²) in [5, 5.41) is 3.46. The quantitative estimate of drug-likeness (QED) is 0.682. The summed E-state index contributed by atoms with van der Waals surface area (Å²) in [5.74, 6) is 0.298. The minimum absolute atomic E-state index is 0.0405. The van der Waals surface area contributed by atoms with Gasteiger partial charge in [-0.05, 0) is 41.7 Å². The van der Waals surface area contributed by atoms with Gasteiger partial charge in [0.05, 0.1) is 11.6 Å². The molecule has 0 fully saturated rings. The Kier molecular flexibility index (Phi) is 3.22. The van der Waals surface area contributed by atoms with E-state index < -0.39 is 11.7 Å². The maximum absolute atomic E-state index is 13.0. The Bertz CT molecular complexity index is 749. The van der Waals surface area contributed by atoms with Gasteiger partial charge in [-0.15, -0.1) is 0 Å². The number of rotatable bonds is 1. The lowest BCUT2D eigenvalue weighted by atomic mass is 9.76. The van der Waals surface area contributed by atoms with Crippen molar-refractivity contribution in [1.29, 1.82) is 0 Å². The van der Waals surface area contributed by atoms with E-state index in [0.29, 0.717) is 0 Å². The Morgan fingerprint density at radius 1 is 1.00 bits per heavy atom. The number of hydrogen-bond acceptors (Lipinski definition) is 1. The average molecular weight is 315 g/mol. The topological polar surface area (TPSA) is 12.0 Å². The van der Waals surface area contributed by atoms with Crippen molar-refractivity contribution in [3.63, 3.8) is 0 Å². The molecule has 0 unspecified atom stereocenters. The van der Waals surface area contributed by atoms with Gasteiger partial charge in [-0.1, -0.05) is 42.5 Å². The van der Waals surface area contributed by atoms with E-state index in [9.17, 15) is 13.2 Å². The van der Waals surface area contributed by atoms with Crippen molar-refractivity contribution < 1.29 is 13.2 Å². The molecule has 0 saturated heterocycles. The number of anilines is 1. The summed E-state index contributed by atoms with van der Waals surface area (Å²) in [6, 6.07) is 14.3. The van der Waals surface area contributed by atoms with Gasteiger partial charge in [0.1, 0.15) is 0 Å². The van der Waals surface area contributed by atoms with E-state index in [1.807, 2.05) is 18.2 Å². The highest BCUT2D eigenvalue weighted by atomic mass is 19.4. The lowest BCUT2D eigenvalue weighted by Gasteiger charge is -2.37. The third-order valence-corrected chi connectivity index (χ3v) is 4.85. The van der Waals surface area contributed by atoms with E-state index in [4.69, 9.17) is 0 Å². The summed E-state index contributed by atoms with van der Waals surface area (Å²) in [6.45, 7) is 0.